The van der Waals surface area contributed by atoms with Gasteiger partial charge in [-0.15, -0.1) is 0 Å². The van der Waals surface area contributed by atoms with E-state index in [0.29, 0.717) is 18.4 Å². The Kier molecular flexibility index (Phi) is 6.93. The lowest BCUT2D eigenvalue weighted by molar-refractivity contribution is -0.384. The first-order valence-electron chi connectivity index (χ1n) is 10.5. The molecule has 1 heterocycles. The normalized spacial score (nSPS) is 21.4. The second-order valence-corrected chi connectivity index (χ2v) is 8.77. The molecule has 0 saturated carbocycles. The number of carbonyl (C=O) groups is 2. The molecule has 1 saturated heterocycles. The van der Waals surface area contributed by atoms with Crippen molar-refractivity contribution in [3.8, 4) is 0 Å². The van der Waals surface area contributed by atoms with Gasteiger partial charge in [0, 0.05) is 35.7 Å². The van der Waals surface area contributed by atoms with E-state index in [1.54, 1.807) is 30.3 Å². The third kappa shape index (κ3) is 5.31. The van der Waals surface area contributed by atoms with Crippen molar-refractivity contribution >= 4 is 17.6 Å². The average molecular weight is 440 g/mol. The molecule has 170 valence electrons. The minimum absolute atomic E-state index is 0.110. The smallest absolute Gasteiger partial charge is 0.352 e. The Labute approximate surface area is 187 Å². The van der Waals surface area contributed by atoms with Gasteiger partial charge in [0.15, 0.2) is 0 Å². The number of rotatable bonds is 6. The van der Waals surface area contributed by atoms with E-state index in [9.17, 15) is 19.7 Å². The topological polar surface area (TPSA) is 99.0 Å². The van der Waals surface area contributed by atoms with Crippen LogP contribution in [0, 0.1) is 10.1 Å². The summed E-state index contributed by atoms with van der Waals surface area (Å²) in [6.07, 6.45) is -0.189. The highest BCUT2D eigenvalue weighted by molar-refractivity contribution is 5.92. The van der Waals surface area contributed by atoms with Crippen LogP contribution < -0.4 is 0 Å². The van der Waals surface area contributed by atoms with Crippen LogP contribution in [-0.2, 0) is 14.3 Å². The van der Waals surface area contributed by atoms with Gasteiger partial charge in [-0.3, -0.25) is 15.0 Å². The number of non-ortho nitro benzene ring substituents is 1. The molecule has 8 nitrogen and oxygen atoms in total. The number of nitrogens with zero attached hydrogens (tertiary/aromatic N) is 2. The van der Waals surface area contributed by atoms with E-state index in [-0.39, 0.29) is 28.9 Å². The van der Waals surface area contributed by atoms with Crippen LogP contribution in [-0.4, -0.2) is 46.5 Å². The minimum atomic E-state index is -1.24. The van der Waals surface area contributed by atoms with Gasteiger partial charge in [0.1, 0.15) is 6.10 Å². The summed E-state index contributed by atoms with van der Waals surface area (Å²) >= 11 is 0. The van der Waals surface area contributed by atoms with Crippen LogP contribution in [0.1, 0.15) is 55.6 Å². The lowest BCUT2D eigenvalue weighted by atomic mass is 9.85. The number of hydrogen-bond acceptors (Lipinski definition) is 7. The summed E-state index contributed by atoms with van der Waals surface area (Å²) in [5.41, 5.74) is 0.325. The van der Waals surface area contributed by atoms with Crippen LogP contribution in [0.5, 0.6) is 0 Å². The fraction of sp³-hybridized carbons (Fsp3) is 0.417. The number of esters is 2. The van der Waals surface area contributed by atoms with Crippen molar-refractivity contribution in [1.82, 2.24) is 4.90 Å². The molecule has 2 aromatic carbocycles. The van der Waals surface area contributed by atoms with Gasteiger partial charge in [0.25, 0.3) is 5.69 Å². The van der Waals surface area contributed by atoms with Gasteiger partial charge in [0.2, 0.25) is 6.10 Å². The predicted molar refractivity (Wildman–Crippen MR) is 118 cm³/mol. The van der Waals surface area contributed by atoms with Crippen molar-refractivity contribution in [2.75, 3.05) is 7.05 Å². The molecular formula is C24H28N2O6. The van der Waals surface area contributed by atoms with Crippen molar-refractivity contribution in [1.29, 1.82) is 0 Å². The molecule has 0 N–H and O–H groups in total. The van der Waals surface area contributed by atoms with Crippen LogP contribution in [0.15, 0.2) is 54.6 Å². The molecule has 0 radical (unpaired) electrons. The summed E-state index contributed by atoms with van der Waals surface area (Å²) in [4.78, 5) is 38.4. The van der Waals surface area contributed by atoms with Gasteiger partial charge in [0.05, 0.1) is 10.5 Å². The Hall–Kier alpha value is -3.26. The first kappa shape index (κ1) is 23.4. The Morgan fingerprint density at radius 2 is 1.75 bits per heavy atom. The fourth-order valence-electron chi connectivity index (χ4n) is 4.01. The monoisotopic (exact) mass is 440 g/mol. The molecule has 1 aliphatic rings. The molecule has 0 amide bonds. The summed E-state index contributed by atoms with van der Waals surface area (Å²) < 4.78 is 11.3. The van der Waals surface area contributed by atoms with Crippen LogP contribution in [0.4, 0.5) is 5.69 Å². The van der Waals surface area contributed by atoms with E-state index < -0.39 is 23.0 Å². The summed E-state index contributed by atoms with van der Waals surface area (Å²) in [6.45, 7) is 6.30. The Bertz CT molecular complexity index is 974. The standard InChI is InChI=1S/C24H28N2O6/c1-16-14-20(15-24(2,3)25(16)4)31-23(28)21(17-8-6-5-7-9-17)32-22(27)18-10-12-19(13-11-18)26(29)30/h5-13,16,20-21H,14-15H2,1-4H3. The number of piperidine rings is 1. The molecule has 1 aliphatic heterocycles. The minimum Gasteiger partial charge on any atom is -0.459 e. The molecule has 3 rings (SSSR count). The Morgan fingerprint density at radius 1 is 1.12 bits per heavy atom. The predicted octanol–water partition coefficient (Wildman–Crippen LogP) is 4.30. The van der Waals surface area contributed by atoms with E-state index >= 15 is 0 Å². The lowest BCUT2D eigenvalue weighted by Crippen LogP contribution is -2.54. The first-order valence-corrected chi connectivity index (χ1v) is 10.5. The van der Waals surface area contributed by atoms with Gasteiger partial charge < -0.3 is 9.47 Å². The van der Waals surface area contributed by atoms with Crippen LogP contribution >= 0.6 is 0 Å². The van der Waals surface area contributed by atoms with Crippen LogP contribution in [0.25, 0.3) is 0 Å². The van der Waals surface area contributed by atoms with Crippen LogP contribution in [0.3, 0.4) is 0 Å². The van der Waals surface area contributed by atoms with Crippen molar-refractivity contribution < 1.29 is 24.0 Å². The van der Waals surface area contributed by atoms with E-state index in [0.717, 1.165) is 0 Å². The maximum absolute atomic E-state index is 13.1. The maximum Gasteiger partial charge on any atom is 0.352 e. The van der Waals surface area contributed by atoms with Gasteiger partial charge in [-0.1, -0.05) is 30.3 Å². The zero-order valence-corrected chi connectivity index (χ0v) is 18.7. The highest BCUT2D eigenvalue weighted by Gasteiger charge is 2.39. The molecule has 3 atom stereocenters. The third-order valence-electron chi connectivity index (χ3n) is 6.09. The van der Waals surface area contributed by atoms with Gasteiger partial charge in [-0.25, -0.2) is 9.59 Å². The Balaban J connectivity index is 1.78. The SMILES string of the molecule is CC1CC(OC(=O)C(OC(=O)c2ccc([N+](=O)[O-])cc2)c2ccccc2)CC(C)(C)N1C. The van der Waals surface area contributed by atoms with Crippen molar-refractivity contribution in [2.24, 2.45) is 0 Å². The van der Waals surface area contributed by atoms with Gasteiger partial charge >= 0.3 is 11.9 Å². The Morgan fingerprint density at radius 3 is 2.31 bits per heavy atom. The zero-order chi connectivity index (χ0) is 23.5. The van der Waals surface area contributed by atoms with Gasteiger partial charge in [-0.2, -0.15) is 0 Å². The van der Waals surface area contributed by atoms with Gasteiger partial charge in [-0.05, 0) is 46.4 Å². The number of carbonyl (C=O) groups excluding carboxylic acids is 2. The van der Waals surface area contributed by atoms with Crippen LogP contribution in [0.2, 0.25) is 0 Å². The fourth-order valence-corrected chi connectivity index (χ4v) is 4.01. The summed E-state index contributed by atoms with van der Waals surface area (Å²) in [5, 5.41) is 10.8. The summed E-state index contributed by atoms with van der Waals surface area (Å²) in [5.74, 6) is -1.40. The van der Waals surface area contributed by atoms with E-state index in [4.69, 9.17) is 9.47 Å². The molecule has 2 aromatic rings. The number of benzene rings is 2. The summed E-state index contributed by atoms with van der Waals surface area (Å²) in [7, 11) is 2.06. The zero-order valence-electron chi connectivity index (χ0n) is 18.7. The number of hydrogen-bond donors (Lipinski definition) is 0. The maximum atomic E-state index is 13.1. The highest BCUT2D eigenvalue weighted by Crippen LogP contribution is 2.33. The van der Waals surface area contributed by atoms with E-state index in [1.165, 1.54) is 24.3 Å². The van der Waals surface area contributed by atoms with E-state index in [1.807, 2.05) is 0 Å². The highest BCUT2D eigenvalue weighted by atomic mass is 16.6. The molecule has 3 unspecified atom stereocenters. The van der Waals surface area contributed by atoms with Crippen molar-refractivity contribution in [3.05, 3.63) is 75.8 Å². The molecule has 0 aliphatic carbocycles. The third-order valence-corrected chi connectivity index (χ3v) is 6.09. The second kappa shape index (κ2) is 9.48. The van der Waals surface area contributed by atoms with Crippen molar-refractivity contribution in [3.63, 3.8) is 0 Å². The molecule has 8 heteroatoms. The van der Waals surface area contributed by atoms with E-state index in [2.05, 4.69) is 32.7 Å². The molecule has 32 heavy (non-hydrogen) atoms. The molecular weight excluding hydrogens is 412 g/mol. The van der Waals surface area contributed by atoms with Crippen molar-refractivity contribution in [2.45, 2.75) is 57.4 Å². The average Bonchev–Trinajstić information content (AvgIpc) is 2.76. The molecule has 0 spiro atoms. The molecule has 0 bridgehead atoms. The number of likely N-dealkylation sites (tertiary alicyclic amines) is 1. The number of nitro benzene ring substituents is 1. The molecule has 1 fully saturated rings. The first-order chi connectivity index (χ1) is 15.1. The molecule has 0 aromatic heterocycles. The largest absolute Gasteiger partial charge is 0.459 e. The number of nitro groups is 1. The second-order valence-electron chi connectivity index (χ2n) is 8.77. The quantitative estimate of drug-likeness (QED) is 0.375. The summed E-state index contributed by atoms with van der Waals surface area (Å²) in [6, 6.07) is 13.9. The lowest BCUT2D eigenvalue weighted by Gasteiger charge is -2.47. The number of ether oxygens (including phenoxy) is 2.